The van der Waals surface area contributed by atoms with Crippen molar-refractivity contribution in [3.05, 3.63) is 45.6 Å². The molecule has 0 bridgehead atoms. The lowest BCUT2D eigenvalue weighted by Gasteiger charge is -2.33. The number of thioether (sulfide) groups is 1. The second-order valence-electron chi connectivity index (χ2n) is 5.53. The molecule has 1 fully saturated rings. The molecule has 1 saturated heterocycles. The summed E-state index contributed by atoms with van der Waals surface area (Å²) in [6.45, 7) is 3.76. The molecule has 1 amide bonds. The van der Waals surface area contributed by atoms with Crippen LogP contribution in [0.25, 0.3) is 0 Å². The van der Waals surface area contributed by atoms with Gasteiger partial charge in [0.2, 0.25) is 5.91 Å². The van der Waals surface area contributed by atoms with Gasteiger partial charge in [-0.3, -0.25) is 9.69 Å². The van der Waals surface area contributed by atoms with Crippen molar-refractivity contribution in [1.82, 2.24) is 4.90 Å². The summed E-state index contributed by atoms with van der Waals surface area (Å²) < 4.78 is 5.80. The summed E-state index contributed by atoms with van der Waals surface area (Å²) in [6.07, 6.45) is 0.717. The molecular formula is C17H17BrN2O3S. The lowest BCUT2D eigenvalue weighted by atomic mass is 9.94. The summed E-state index contributed by atoms with van der Waals surface area (Å²) >= 11 is 5.00. The summed E-state index contributed by atoms with van der Waals surface area (Å²) in [4.78, 5) is 31.4. The zero-order valence-electron chi connectivity index (χ0n) is 13.6. The summed E-state index contributed by atoms with van der Waals surface area (Å²) in [6, 6.07) is 7.06. The minimum Gasteiger partial charge on any atom is -0.466 e. The van der Waals surface area contributed by atoms with Crippen molar-refractivity contribution in [1.29, 1.82) is 0 Å². The van der Waals surface area contributed by atoms with Gasteiger partial charge in [0.25, 0.3) is 0 Å². The molecule has 2 aliphatic heterocycles. The molecular weight excluding hydrogens is 392 g/mol. The molecule has 0 N–H and O–H groups in total. The number of carbonyl (C=O) groups is 2. The number of fused-ring (bicyclic) bond motifs is 1. The van der Waals surface area contributed by atoms with Crippen LogP contribution in [0.2, 0.25) is 0 Å². The molecule has 126 valence electrons. The van der Waals surface area contributed by atoms with Gasteiger partial charge in [0, 0.05) is 4.47 Å². The van der Waals surface area contributed by atoms with E-state index >= 15 is 0 Å². The number of amidine groups is 1. The van der Waals surface area contributed by atoms with Crippen LogP contribution in [-0.4, -0.2) is 34.3 Å². The van der Waals surface area contributed by atoms with Gasteiger partial charge in [-0.1, -0.05) is 52.8 Å². The Morgan fingerprint density at radius 3 is 2.75 bits per heavy atom. The van der Waals surface area contributed by atoms with E-state index in [1.165, 1.54) is 18.9 Å². The fourth-order valence-electron chi connectivity index (χ4n) is 2.95. The summed E-state index contributed by atoms with van der Waals surface area (Å²) in [5.41, 5.74) is 1.83. The number of allylic oxidation sites excluding steroid dienone is 1. The van der Waals surface area contributed by atoms with Crippen LogP contribution >= 0.6 is 27.7 Å². The van der Waals surface area contributed by atoms with Crippen molar-refractivity contribution < 1.29 is 14.3 Å². The van der Waals surface area contributed by atoms with Gasteiger partial charge >= 0.3 is 5.97 Å². The average molecular weight is 409 g/mol. The molecule has 1 aromatic carbocycles. The fourth-order valence-corrected chi connectivity index (χ4v) is 4.59. The zero-order chi connectivity index (χ0) is 17.4. The molecule has 0 aromatic heterocycles. The number of rotatable bonds is 3. The van der Waals surface area contributed by atoms with E-state index in [4.69, 9.17) is 4.74 Å². The Bertz CT molecular complexity index is 775. The first-order chi connectivity index (χ1) is 11.5. The lowest BCUT2D eigenvalue weighted by Crippen LogP contribution is -2.40. The van der Waals surface area contributed by atoms with Crippen molar-refractivity contribution in [2.75, 3.05) is 7.11 Å². The van der Waals surface area contributed by atoms with Gasteiger partial charge in [-0.2, -0.15) is 0 Å². The Hall–Kier alpha value is -1.60. The first-order valence-electron chi connectivity index (χ1n) is 7.61. The Labute approximate surface area is 153 Å². The third kappa shape index (κ3) is 2.69. The van der Waals surface area contributed by atoms with Crippen LogP contribution in [-0.2, 0) is 14.3 Å². The Morgan fingerprint density at radius 2 is 2.12 bits per heavy atom. The molecule has 3 rings (SSSR count). The Kier molecular flexibility index (Phi) is 4.83. The minimum atomic E-state index is -0.530. The summed E-state index contributed by atoms with van der Waals surface area (Å²) in [5.74, 6) is -0.482. The quantitative estimate of drug-likeness (QED) is 0.715. The van der Waals surface area contributed by atoms with Gasteiger partial charge < -0.3 is 4.74 Å². The lowest BCUT2D eigenvalue weighted by molar-refractivity contribution is -0.137. The van der Waals surface area contributed by atoms with Crippen LogP contribution < -0.4 is 0 Å². The van der Waals surface area contributed by atoms with E-state index in [2.05, 4.69) is 20.9 Å². The number of benzene rings is 1. The fraction of sp³-hybridized carbons (Fsp3) is 0.353. The number of methoxy groups -OCH3 is 1. The molecule has 7 heteroatoms. The molecule has 1 aromatic rings. The second kappa shape index (κ2) is 6.72. The van der Waals surface area contributed by atoms with E-state index in [-0.39, 0.29) is 11.2 Å². The Morgan fingerprint density at radius 1 is 1.42 bits per heavy atom. The number of amides is 1. The highest BCUT2D eigenvalue weighted by atomic mass is 79.9. The van der Waals surface area contributed by atoms with Crippen LogP contribution in [0.4, 0.5) is 0 Å². The maximum absolute atomic E-state index is 12.9. The van der Waals surface area contributed by atoms with E-state index in [1.54, 1.807) is 11.8 Å². The number of aliphatic imine (C=N–C) groups is 1. The molecule has 2 heterocycles. The van der Waals surface area contributed by atoms with Gasteiger partial charge in [-0.25, -0.2) is 9.79 Å². The molecule has 0 saturated carbocycles. The van der Waals surface area contributed by atoms with E-state index in [0.29, 0.717) is 22.9 Å². The number of hydrogen-bond donors (Lipinski definition) is 0. The number of ether oxygens (including phenoxy) is 1. The van der Waals surface area contributed by atoms with Gasteiger partial charge in [0.1, 0.15) is 0 Å². The van der Waals surface area contributed by atoms with Gasteiger partial charge in [0.05, 0.1) is 29.7 Å². The van der Waals surface area contributed by atoms with Gasteiger partial charge in [0.15, 0.2) is 5.17 Å². The molecule has 5 nitrogen and oxygen atoms in total. The van der Waals surface area contributed by atoms with Crippen LogP contribution in [0.1, 0.15) is 31.9 Å². The van der Waals surface area contributed by atoms with Crippen LogP contribution in [0.5, 0.6) is 0 Å². The number of halogens is 1. The smallest absolute Gasteiger partial charge is 0.338 e. The zero-order valence-corrected chi connectivity index (χ0v) is 16.0. The van der Waals surface area contributed by atoms with E-state index < -0.39 is 12.0 Å². The van der Waals surface area contributed by atoms with Crippen molar-refractivity contribution in [2.45, 2.75) is 31.6 Å². The highest BCUT2D eigenvalue weighted by Crippen LogP contribution is 2.45. The van der Waals surface area contributed by atoms with Gasteiger partial charge in [-0.15, -0.1) is 0 Å². The van der Waals surface area contributed by atoms with E-state index in [9.17, 15) is 9.59 Å². The van der Waals surface area contributed by atoms with Crippen molar-refractivity contribution in [3.63, 3.8) is 0 Å². The summed E-state index contributed by atoms with van der Waals surface area (Å²) in [7, 11) is 1.34. The monoisotopic (exact) mass is 408 g/mol. The standard InChI is InChI=1S/C17H17BrN2O3S/c1-4-12-15(21)20-14(10-7-5-6-8-11(10)18)13(16(22)23-3)9(2)19-17(20)24-12/h5-8,12,14H,4H2,1-3H3/t12-,14+/m1/s1. The predicted octanol–water partition coefficient (Wildman–Crippen LogP) is 3.66. The van der Waals surface area contributed by atoms with Crippen molar-refractivity contribution >= 4 is 44.7 Å². The van der Waals surface area contributed by atoms with Gasteiger partial charge in [-0.05, 0) is 25.0 Å². The molecule has 0 radical (unpaired) electrons. The first-order valence-corrected chi connectivity index (χ1v) is 9.28. The minimum absolute atomic E-state index is 0.0177. The van der Waals surface area contributed by atoms with E-state index in [1.807, 2.05) is 31.2 Å². The van der Waals surface area contributed by atoms with Crippen LogP contribution in [0, 0.1) is 0 Å². The number of esters is 1. The van der Waals surface area contributed by atoms with Crippen LogP contribution in [0.15, 0.2) is 45.0 Å². The predicted molar refractivity (Wildman–Crippen MR) is 97.6 cm³/mol. The molecule has 24 heavy (non-hydrogen) atoms. The third-order valence-corrected chi connectivity index (χ3v) is 6.17. The second-order valence-corrected chi connectivity index (χ2v) is 7.56. The molecule has 0 spiro atoms. The van der Waals surface area contributed by atoms with Crippen molar-refractivity contribution in [2.24, 2.45) is 4.99 Å². The average Bonchev–Trinajstić information content (AvgIpc) is 2.89. The molecule has 0 unspecified atom stereocenters. The largest absolute Gasteiger partial charge is 0.466 e. The normalized spacial score (nSPS) is 23.2. The number of nitrogens with zero attached hydrogens (tertiary/aromatic N) is 2. The van der Waals surface area contributed by atoms with Crippen LogP contribution in [0.3, 0.4) is 0 Å². The summed E-state index contributed by atoms with van der Waals surface area (Å²) in [5, 5.41) is 0.483. The number of carbonyl (C=O) groups excluding carboxylic acids is 2. The molecule has 2 atom stereocenters. The highest BCUT2D eigenvalue weighted by Gasteiger charge is 2.47. The third-order valence-electron chi connectivity index (χ3n) is 4.13. The van der Waals surface area contributed by atoms with E-state index in [0.717, 1.165) is 10.0 Å². The topological polar surface area (TPSA) is 59.0 Å². The maximum Gasteiger partial charge on any atom is 0.338 e. The molecule has 2 aliphatic rings. The number of hydrogen-bond acceptors (Lipinski definition) is 5. The SMILES string of the molecule is CC[C@H]1SC2=NC(C)=C(C(=O)OC)[C@H](c3ccccc3Br)N2C1=O. The first kappa shape index (κ1) is 17.2. The van der Waals surface area contributed by atoms with Crippen molar-refractivity contribution in [3.8, 4) is 0 Å². The molecule has 0 aliphatic carbocycles. The Balaban J connectivity index is 2.20. The maximum atomic E-state index is 12.9. The highest BCUT2D eigenvalue weighted by molar-refractivity contribution is 9.10.